The number of rotatable bonds is 3. The Kier molecular flexibility index (Phi) is 4.41. The van der Waals surface area contributed by atoms with Crippen molar-refractivity contribution in [3.8, 4) is 0 Å². The molecule has 4 nitrogen and oxygen atoms in total. The summed E-state index contributed by atoms with van der Waals surface area (Å²) in [5.74, 6) is 0.871. The summed E-state index contributed by atoms with van der Waals surface area (Å²) in [5, 5.41) is 3.36. The number of anilines is 1. The van der Waals surface area contributed by atoms with Gasteiger partial charge in [-0.3, -0.25) is 4.90 Å². The highest BCUT2D eigenvalue weighted by Gasteiger charge is 2.31. The lowest BCUT2D eigenvalue weighted by Gasteiger charge is -2.35. The Morgan fingerprint density at radius 2 is 2.37 bits per heavy atom. The molecule has 1 N–H and O–H groups in total. The fourth-order valence-corrected chi connectivity index (χ4v) is 3.89. The van der Waals surface area contributed by atoms with Gasteiger partial charge in [-0.15, -0.1) is 0 Å². The molecule has 2 saturated heterocycles. The van der Waals surface area contributed by atoms with E-state index in [0.29, 0.717) is 6.04 Å². The van der Waals surface area contributed by atoms with Crippen LogP contribution in [0.1, 0.15) is 12.8 Å². The van der Waals surface area contributed by atoms with E-state index >= 15 is 0 Å². The molecule has 0 bridgehead atoms. The van der Waals surface area contributed by atoms with Crippen LogP contribution in [0, 0.1) is 0 Å². The van der Waals surface area contributed by atoms with Gasteiger partial charge in [0.05, 0.1) is 17.2 Å². The molecular weight excluding hydrogens is 374 g/mol. The second-order valence-corrected chi connectivity index (χ2v) is 6.88. The SMILES string of the molecule is Brc1cnc(NCC2CN3CCCC3CO2)c(Br)c1. The molecule has 2 aliphatic rings. The van der Waals surface area contributed by atoms with Gasteiger partial charge in [0.25, 0.3) is 0 Å². The van der Waals surface area contributed by atoms with Crippen LogP contribution in [0.4, 0.5) is 5.82 Å². The molecule has 0 aliphatic carbocycles. The molecular formula is C13H17Br2N3O. The van der Waals surface area contributed by atoms with Gasteiger partial charge < -0.3 is 10.1 Å². The number of morpholine rings is 1. The highest BCUT2D eigenvalue weighted by atomic mass is 79.9. The molecule has 2 fully saturated rings. The minimum absolute atomic E-state index is 0.256. The number of nitrogens with one attached hydrogen (secondary N) is 1. The number of halogens is 2. The normalized spacial score (nSPS) is 27.3. The minimum Gasteiger partial charge on any atom is -0.373 e. The van der Waals surface area contributed by atoms with E-state index in [2.05, 4.69) is 47.1 Å². The fraction of sp³-hybridized carbons (Fsp3) is 0.615. The summed E-state index contributed by atoms with van der Waals surface area (Å²) in [6, 6.07) is 2.65. The van der Waals surface area contributed by atoms with E-state index in [1.807, 2.05) is 6.07 Å². The van der Waals surface area contributed by atoms with E-state index < -0.39 is 0 Å². The van der Waals surface area contributed by atoms with Crippen LogP contribution in [0.5, 0.6) is 0 Å². The zero-order valence-corrected chi connectivity index (χ0v) is 13.8. The Labute approximate surface area is 130 Å². The van der Waals surface area contributed by atoms with E-state index in [4.69, 9.17) is 4.74 Å². The summed E-state index contributed by atoms with van der Waals surface area (Å²) in [7, 11) is 0. The second kappa shape index (κ2) is 6.08. The molecule has 6 heteroatoms. The molecule has 104 valence electrons. The molecule has 1 aromatic heterocycles. The summed E-state index contributed by atoms with van der Waals surface area (Å²) in [6.07, 6.45) is 4.66. The Bertz CT molecular complexity index is 458. The van der Waals surface area contributed by atoms with Gasteiger partial charge in [0.1, 0.15) is 5.82 Å². The third-order valence-corrected chi connectivity index (χ3v) is 4.80. The van der Waals surface area contributed by atoms with Gasteiger partial charge in [-0.25, -0.2) is 4.98 Å². The number of fused-ring (bicyclic) bond motifs is 1. The van der Waals surface area contributed by atoms with E-state index in [1.165, 1.54) is 19.4 Å². The summed E-state index contributed by atoms with van der Waals surface area (Å²) < 4.78 is 7.86. The maximum absolute atomic E-state index is 5.92. The quantitative estimate of drug-likeness (QED) is 0.860. The third kappa shape index (κ3) is 3.29. The smallest absolute Gasteiger partial charge is 0.140 e. The van der Waals surface area contributed by atoms with Gasteiger partial charge in [0.2, 0.25) is 0 Å². The Balaban J connectivity index is 1.54. The molecule has 2 aliphatic heterocycles. The zero-order chi connectivity index (χ0) is 13.2. The monoisotopic (exact) mass is 389 g/mol. The van der Waals surface area contributed by atoms with Gasteiger partial charge in [-0.05, 0) is 57.3 Å². The van der Waals surface area contributed by atoms with Gasteiger partial charge >= 0.3 is 0 Å². The van der Waals surface area contributed by atoms with Crippen LogP contribution in [0.3, 0.4) is 0 Å². The third-order valence-electron chi connectivity index (χ3n) is 3.77. The number of hydrogen-bond acceptors (Lipinski definition) is 4. The first-order valence-electron chi connectivity index (χ1n) is 6.63. The van der Waals surface area contributed by atoms with Gasteiger partial charge in [0, 0.05) is 29.8 Å². The average Bonchev–Trinajstić information content (AvgIpc) is 2.85. The van der Waals surface area contributed by atoms with Gasteiger partial charge in [0.15, 0.2) is 0 Å². The van der Waals surface area contributed by atoms with Crippen molar-refractivity contribution in [1.29, 1.82) is 0 Å². The number of nitrogens with zero attached hydrogens (tertiary/aromatic N) is 2. The van der Waals surface area contributed by atoms with Crippen LogP contribution >= 0.6 is 31.9 Å². The predicted molar refractivity (Wildman–Crippen MR) is 82.5 cm³/mol. The van der Waals surface area contributed by atoms with E-state index in [1.54, 1.807) is 6.20 Å². The van der Waals surface area contributed by atoms with E-state index in [-0.39, 0.29) is 6.10 Å². The first-order valence-corrected chi connectivity index (χ1v) is 8.21. The van der Waals surface area contributed by atoms with E-state index in [9.17, 15) is 0 Å². The van der Waals surface area contributed by atoms with Crippen molar-refractivity contribution in [3.05, 3.63) is 21.2 Å². The van der Waals surface area contributed by atoms with Crippen LogP contribution < -0.4 is 5.32 Å². The summed E-state index contributed by atoms with van der Waals surface area (Å²) in [5.41, 5.74) is 0. The molecule has 0 aromatic carbocycles. The van der Waals surface area contributed by atoms with Crippen molar-refractivity contribution in [3.63, 3.8) is 0 Å². The average molecular weight is 391 g/mol. The first kappa shape index (κ1) is 13.8. The predicted octanol–water partition coefficient (Wildman–Crippen LogP) is 2.88. The molecule has 3 rings (SSSR count). The molecule has 2 unspecified atom stereocenters. The molecule has 1 aromatic rings. The standard InChI is InChI=1S/C13H17Br2N3O/c14-9-4-12(15)13(16-5-9)17-6-11-7-18-3-1-2-10(18)8-19-11/h4-5,10-11H,1-3,6-8H2,(H,16,17). The van der Waals surface area contributed by atoms with Crippen molar-refractivity contribution < 1.29 is 4.74 Å². The van der Waals surface area contributed by atoms with Crippen LogP contribution in [-0.4, -0.2) is 48.3 Å². The summed E-state index contributed by atoms with van der Waals surface area (Å²) in [4.78, 5) is 6.91. The Morgan fingerprint density at radius 1 is 1.47 bits per heavy atom. The van der Waals surface area contributed by atoms with Gasteiger partial charge in [-0.2, -0.15) is 0 Å². The topological polar surface area (TPSA) is 37.4 Å². The van der Waals surface area contributed by atoms with Crippen LogP contribution in [0.2, 0.25) is 0 Å². The molecule has 3 heterocycles. The fourth-order valence-electron chi connectivity index (χ4n) is 2.76. The summed E-state index contributed by atoms with van der Waals surface area (Å²) >= 11 is 6.91. The maximum Gasteiger partial charge on any atom is 0.140 e. The van der Waals surface area contributed by atoms with Crippen molar-refractivity contribution >= 4 is 37.7 Å². The zero-order valence-electron chi connectivity index (χ0n) is 10.6. The molecule has 2 atom stereocenters. The Hall–Kier alpha value is -0.170. The molecule has 0 saturated carbocycles. The van der Waals surface area contributed by atoms with Gasteiger partial charge in [-0.1, -0.05) is 0 Å². The first-order chi connectivity index (χ1) is 9.22. The Morgan fingerprint density at radius 3 is 3.21 bits per heavy atom. The van der Waals surface area contributed by atoms with Crippen LogP contribution in [-0.2, 0) is 4.74 Å². The number of pyridine rings is 1. The highest BCUT2D eigenvalue weighted by molar-refractivity contribution is 9.11. The lowest BCUT2D eigenvalue weighted by molar-refractivity contribution is -0.0416. The van der Waals surface area contributed by atoms with Crippen molar-refractivity contribution in [2.75, 3.05) is 31.6 Å². The number of ether oxygens (including phenoxy) is 1. The number of hydrogen-bond donors (Lipinski definition) is 1. The van der Waals surface area contributed by atoms with Crippen LogP contribution in [0.15, 0.2) is 21.2 Å². The largest absolute Gasteiger partial charge is 0.373 e. The molecule has 0 spiro atoms. The number of aromatic nitrogens is 1. The second-order valence-electron chi connectivity index (χ2n) is 5.11. The molecule has 0 amide bonds. The highest BCUT2D eigenvalue weighted by Crippen LogP contribution is 2.25. The summed E-state index contributed by atoms with van der Waals surface area (Å²) in [6.45, 7) is 3.94. The van der Waals surface area contributed by atoms with Crippen LogP contribution in [0.25, 0.3) is 0 Å². The van der Waals surface area contributed by atoms with Crippen molar-refractivity contribution in [2.45, 2.75) is 25.0 Å². The van der Waals surface area contributed by atoms with E-state index in [0.717, 1.165) is 34.5 Å². The lowest BCUT2D eigenvalue weighted by Crippen LogP contribution is -2.48. The molecule has 0 radical (unpaired) electrons. The van der Waals surface area contributed by atoms with Crippen molar-refractivity contribution in [1.82, 2.24) is 9.88 Å². The maximum atomic E-state index is 5.92. The lowest BCUT2D eigenvalue weighted by atomic mass is 10.2. The molecule has 19 heavy (non-hydrogen) atoms. The minimum atomic E-state index is 0.256. The van der Waals surface area contributed by atoms with Crippen molar-refractivity contribution in [2.24, 2.45) is 0 Å².